The largest absolute Gasteiger partial charge is 0.508 e. The minimum Gasteiger partial charge on any atom is -0.508 e. The van der Waals surface area contributed by atoms with E-state index < -0.39 is 6.10 Å². The molecule has 0 aliphatic carbocycles. The molecule has 1 saturated heterocycles. The highest BCUT2D eigenvalue weighted by Crippen LogP contribution is 2.31. The van der Waals surface area contributed by atoms with Crippen molar-refractivity contribution in [2.45, 2.75) is 25.0 Å². The van der Waals surface area contributed by atoms with Crippen LogP contribution in [0, 0.1) is 0 Å². The van der Waals surface area contributed by atoms with Crippen LogP contribution in [0.4, 0.5) is 5.69 Å². The molecule has 0 bridgehead atoms. The standard InChI is InChI=1S/C11H15NO3/c12-9-4-3-7(13)6-8(9)11(14)10-2-1-5-15-10/h3-4,6,10-11,13-14H,1-2,5,12H2. The Morgan fingerprint density at radius 2 is 2.27 bits per heavy atom. The van der Waals surface area contributed by atoms with Crippen LogP contribution in [0.15, 0.2) is 18.2 Å². The highest BCUT2D eigenvalue weighted by atomic mass is 16.5. The van der Waals surface area contributed by atoms with Crippen molar-refractivity contribution in [3.8, 4) is 5.75 Å². The average molecular weight is 209 g/mol. The van der Waals surface area contributed by atoms with Gasteiger partial charge in [0.2, 0.25) is 0 Å². The van der Waals surface area contributed by atoms with Crippen molar-refractivity contribution in [3.05, 3.63) is 23.8 Å². The van der Waals surface area contributed by atoms with Crippen LogP contribution >= 0.6 is 0 Å². The fourth-order valence-corrected chi connectivity index (χ4v) is 1.87. The van der Waals surface area contributed by atoms with Gasteiger partial charge in [-0.25, -0.2) is 0 Å². The highest BCUT2D eigenvalue weighted by Gasteiger charge is 2.26. The number of aliphatic hydroxyl groups excluding tert-OH is 1. The molecular weight excluding hydrogens is 194 g/mol. The van der Waals surface area contributed by atoms with Crippen LogP contribution in [0.25, 0.3) is 0 Å². The molecule has 1 heterocycles. The van der Waals surface area contributed by atoms with E-state index in [9.17, 15) is 10.2 Å². The number of ether oxygens (including phenoxy) is 1. The zero-order valence-electron chi connectivity index (χ0n) is 8.39. The zero-order valence-corrected chi connectivity index (χ0v) is 8.39. The molecule has 82 valence electrons. The summed E-state index contributed by atoms with van der Waals surface area (Å²) in [6.45, 7) is 0.681. The van der Waals surface area contributed by atoms with E-state index in [1.54, 1.807) is 6.07 Å². The molecule has 1 fully saturated rings. The summed E-state index contributed by atoms with van der Waals surface area (Å²) in [5.74, 6) is 0.108. The lowest BCUT2D eigenvalue weighted by atomic mass is 10.0. The maximum absolute atomic E-state index is 10.0. The molecule has 15 heavy (non-hydrogen) atoms. The number of nitrogen functional groups attached to an aromatic ring is 1. The monoisotopic (exact) mass is 209 g/mol. The number of phenols is 1. The SMILES string of the molecule is Nc1ccc(O)cc1C(O)C1CCCO1. The average Bonchev–Trinajstić information content (AvgIpc) is 2.74. The first kappa shape index (κ1) is 10.3. The maximum atomic E-state index is 10.0. The summed E-state index contributed by atoms with van der Waals surface area (Å²) in [6, 6.07) is 4.57. The Labute approximate surface area is 88.3 Å². The molecule has 4 heteroatoms. The summed E-state index contributed by atoms with van der Waals surface area (Å²) >= 11 is 0. The number of nitrogens with two attached hydrogens (primary N) is 1. The van der Waals surface area contributed by atoms with Crippen molar-refractivity contribution in [2.75, 3.05) is 12.3 Å². The van der Waals surface area contributed by atoms with Crippen LogP contribution in [0.3, 0.4) is 0 Å². The normalized spacial score (nSPS) is 22.9. The van der Waals surface area contributed by atoms with Gasteiger partial charge in [-0.2, -0.15) is 0 Å². The lowest BCUT2D eigenvalue weighted by Crippen LogP contribution is -2.18. The number of aliphatic hydroxyl groups is 1. The first-order valence-corrected chi connectivity index (χ1v) is 5.06. The van der Waals surface area contributed by atoms with Gasteiger partial charge < -0.3 is 20.7 Å². The van der Waals surface area contributed by atoms with E-state index in [-0.39, 0.29) is 11.9 Å². The molecule has 2 unspecified atom stereocenters. The van der Waals surface area contributed by atoms with Crippen LogP contribution in [-0.4, -0.2) is 22.9 Å². The fourth-order valence-electron chi connectivity index (χ4n) is 1.87. The molecule has 1 aromatic rings. The van der Waals surface area contributed by atoms with Gasteiger partial charge in [-0.15, -0.1) is 0 Å². The van der Waals surface area contributed by atoms with Crippen LogP contribution in [-0.2, 0) is 4.74 Å². The molecule has 4 N–H and O–H groups in total. The fraction of sp³-hybridized carbons (Fsp3) is 0.455. The molecule has 0 amide bonds. The van der Waals surface area contributed by atoms with Crippen LogP contribution < -0.4 is 5.73 Å². The van der Waals surface area contributed by atoms with E-state index >= 15 is 0 Å². The van der Waals surface area contributed by atoms with Crippen molar-refractivity contribution in [3.63, 3.8) is 0 Å². The van der Waals surface area contributed by atoms with Gasteiger partial charge in [-0.05, 0) is 31.0 Å². The van der Waals surface area contributed by atoms with E-state index in [1.165, 1.54) is 12.1 Å². The predicted octanol–water partition coefficient (Wildman–Crippen LogP) is 1.19. The number of anilines is 1. The molecular formula is C11H15NO3. The molecule has 2 rings (SSSR count). The second-order valence-corrected chi connectivity index (χ2v) is 3.81. The van der Waals surface area contributed by atoms with Crippen molar-refractivity contribution in [1.29, 1.82) is 0 Å². The van der Waals surface area contributed by atoms with Crippen molar-refractivity contribution >= 4 is 5.69 Å². The van der Waals surface area contributed by atoms with Crippen molar-refractivity contribution in [1.82, 2.24) is 0 Å². The highest BCUT2D eigenvalue weighted by molar-refractivity contribution is 5.51. The number of rotatable bonds is 2. The van der Waals surface area contributed by atoms with Gasteiger partial charge in [0.25, 0.3) is 0 Å². The lowest BCUT2D eigenvalue weighted by molar-refractivity contribution is -0.00229. The second kappa shape index (κ2) is 4.08. The van der Waals surface area contributed by atoms with Gasteiger partial charge in [0, 0.05) is 17.9 Å². The predicted molar refractivity (Wildman–Crippen MR) is 56.5 cm³/mol. The number of aromatic hydroxyl groups is 1. The van der Waals surface area contributed by atoms with Gasteiger partial charge in [-0.1, -0.05) is 0 Å². The Morgan fingerprint density at radius 3 is 2.93 bits per heavy atom. The molecule has 0 spiro atoms. The number of hydrogen-bond acceptors (Lipinski definition) is 4. The van der Waals surface area contributed by atoms with Gasteiger partial charge >= 0.3 is 0 Å². The zero-order chi connectivity index (χ0) is 10.8. The topological polar surface area (TPSA) is 75.7 Å². The van der Waals surface area contributed by atoms with Crippen LogP contribution in [0.1, 0.15) is 24.5 Å². The van der Waals surface area contributed by atoms with E-state index in [0.29, 0.717) is 17.9 Å². The smallest absolute Gasteiger partial charge is 0.116 e. The number of phenolic OH excluding ortho intramolecular Hbond substituents is 1. The number of hydrogen-bond donors (Lipinski definition) is 3. The molecule has 2 atom stereocenters. The van der Waals surface area contributed by atoms with Gasteiger partial charge in [0.05, 0.1) is 6.10 Å². The van der Waals surface area contributed by atoms with Crippen molar-refractivity contribution < 1.29 is 14.9 Å². The van der Waals surface area contributed by atoms with E-state index in [2.05, 4.69) is 0 Å². The quantitative estimate of drug-likeness (QED) is 0.505. The Hall–Kier alpha value is -1.26. The summed E-state index contributed by atoms with van der Waals surface area (Å²) in [6.07, 6.45) is 0.838. The maximum Gasteiger partial charge on any atom is 0.116 e. The molecule has 0 radical (unpaired) electrons. The third-order valence-corrected chi connectivity index (χ3v) is 2.71. The van der Waals surface area contributed by atoms with Crippen LogP contribution in [0.2, 0.25) is 0 Å². The summed E-state index contributed by atoms with van der Waals surface area (Å²) in [5, 5.41) is 19.3. The molecule has 1 aliphatic rings. The molecule has 0 aromatic heterocycles. The first-order chi connectivity index (χ1) is 7.18. The minimum absolute atomic E-state index is 0.108. The van der Waals surface area contributed by atoms with E-state index in [0.717, 1.165) is 12.8 Å². The second-order valence-electron chi connectivity index (χ2n) is 3.81. The van der Waals surface area contributed by atoms with Crippen molar-refractivity contribution in [2.24, 2.45) is 0 Å². The summed E-state index contributed by atoms with van der Waals surface area (Å²) < 4.78 is 5.38. The van der Waals surface area contributed by atoms with E-state index in [4.69, 9.17) is 10.5 Å². The van der Waals surface area contributed by atoms with Gasteiger partial charge in [-0.3, -0.25) is 0 Å². The Balaban J connectivity index is 2.23. The molecule has 4 nitrogen and oxygen atoms in total. The van der Waals surface area contributed by atoms with Crippen LogP contribution in [0.5, 0.6) is 5.75 Å². The molecule has 0 saturated carbocycles. The summed E-state index contributed by atoms with van der Waals surface area (Å²) in [4.78, 5) is 0. The minimum atomic E-state index is -0.750. The molecule has 1 aliphatic heterocycles. The third-order valence-electron chi connectivity index (χ3n) is 2.71. The summed E-state index contributed by atoms with van der Waals surface area (Å²) in [7, 11) is 0. The lowest BCUT2D eigenvalue weighted by Gasteiger charge is -2.19. The Kier molecular flexibility index (Phi) is 2.79. The third kappa shape index (κ3) is 2.06. The Morgan fingerprint density at radius 1 is 1.47 bits per heavy atom. The van der Waals surface area contributed by atoms with E-state index in [1.807, 2.05) is 0 Å². The van der Waals surface area contributed by atoms with Gasteiger partial charge in [0.1, 0.15) is 11.9 Å². The van der Waals surface area contributed by atoms with Gasteiger partial charge in [0.15, 0.2) is 0 Å². The first-order valence-electron chi connectivity index (χ1n) is 5.06. The molecule has 1 aromatic carbocycles. The number of benzene rings is 1. The summed E-state index contributed by atoms with van der Waals surface area (Å²) in [5.41, 5.74) is 6.76. The Bertz CT molecular complexity index is 348.